The van der Waals surface area contributed by atoms with E-state index in [0.717, 1.165) is 0 Å². The first kappa shape index (κ1) is 13.9. The maximum absolute atomic E-state index is 11.3. The van der Waals surface area contributed by atoms with Crippen LogP contribution < -0.4 is 5.73 Å². The van der Waals surface area contributed by atoms with Gasteiger partial charge in [0.05, 0.1) is 0 Å². The predicted octanol–water partition coefficient (Wildman–Crippen LogP) is -0.00880. The van der Waals surface area contributed by atoms with Crippen LogP contribution in [-0.4, -0.2) is 43.0 Å². The van der Waals surface area contributed by atoms with Crippen molar-refractivity contribution in [1.29, 1.82) is 0 Å². The van der Waals surface area contributed by atoms with E-state index in [4.69, 9.17) is 10.5 Å². The molecule has 1 amide bonds. The highest BCUT2D eigenvalue weighted by Crippen LogP contribution is 2.00. The highest BCUT2D eigenvalue weighted by atomic mass is 16.5. The standard InChI is InChI=1S/C10H20N2O3/c1-5-12(4)8(13)6-15-10(14)9(11)7(2)3/h7,9H,5-6,11H2,1-4H3/t9-/m0/s1. The molecule has 0 bridgehead atoms. The minimum Gasteiger partial charge on any atom is -0.454 e. The van der Waals surface area contributed by atoms with Gasteiger partial charge in [-0.25, -0.2) is 0 Å². The van der Waals surface area contributed by atoms with Gasteiger partial charge in [0.15, 0.2) is 6.61 Å². The van der Waals surface area contributed by atoms with Gasteiger partial charge in [0.25, 0.3) is 5.91 Å². The summed E-state index contributed by atoms with van der Waals surface area (Å²) >= 11 is 0. The van der Waals surface area contributed by atoms with Crippen LogP contribution >= 0.6 is 0 Å². The van der Waals surface area contributed by atoms with Crippen molar-refractivity contribution in [3.8, 4) is 0 Å². The molecule has 0 aromatic rings. The number of amides is 1. The average molecular weight is 216 g/mol. The molecule has 0 fully saturated rings. The van der Waals surface area contributed by atoms with Crippen molar-refractivity contribution in [2.75, 3.05) is 20.2 Å². The van der Waals surface area contributed by atoms with Crippen LogP contribution in [0.15, 0.2) is 0 Å². The Morgan fingerprint density at radius 2 is 1.93 bits per heavy atom. The van der Waals surface area contributed by atoms with Crippen molar-refractivity contribution in [3.05, 3.63) is 0 Å². The predicted molar refractivity (Wildman–Crippen MR) is 57.1 cm³/mol. The molecule has 0 heterocycles. The summed E-state index contributed by atoms with van der Waals surface area (Å²) in [5.41, 5.74) is 5.56. The van der Waals surface area contributed by atoms with E-state index in [2.05, 4.69) is 0 Å². The van der Waals surface area contributed by atoms with Crippen LogP contribution in [0.4, 0.5) is 0 Å². The quantitative estimate of drug-likeness (QED) is 0.656. The number of hydrogen-bond acceptors (Lipinski definition) is 4. The van der Waals surface area contributed by atoms with E-state index in [-0.39, 0.29) is 18.4 Å². The molecule has 0 saturated carbocycles. The van der Waals surface area contributed by atoms with E-state index in [0.29, 0.717) is 6.54 Å². The maximum atomic E-state index is 11.3. The maximum Gasteiger partial charge on any atom is 0.323 e. The molecule has 0 aromatic carbocycles. The zero-order chi connectivity index (χ0) is 12.0. The Balaban J connectivity index is 3.96. The lowest BCUT2D eigenvalue weighted by Crippen LogP contribution is -2.39. The van der Waals surface area contributed by atoms with E-state index in [9.17, 15) is 9.59 Å². The highest BCUT2D eigenvalue weighted by Gasteiger charge is 2.20. The molecule has 0 aliphatic heterocycles. The molecule has 0 aliphatic carbocycles. The second-order valence-corrected chi connectivity index (χ2v) is 3.79. The van der Waals surface area contributed by atoms with Gasteiger partial charge in [-0.15, -0.1) is 0 Å². The van der Waals surface area contributed by atoms with Gasteiger partial charge < -0.3 is 15.4 Å². The minimum absolute atomic E-state index is 0.0107. The first-order valence-electron chi connectivity index (χ1n) is 5.06. The van der Waals surface area contributed by atoms with Crippen LogP contribution in [0.3, 0.4) is 0 Å². The van der Waals surface area contributed by atoms with Gasteiger partial charge in [0, 0.05) is 13.6 Å². The summed E-state index contributed by atoms with van der Waals surface area (Å²) in [5.74, 6) is -0.735. The first-order chi connectivity index (χ1) is 6.90. The Labute approximate surface area is 90.6 Å². The van der Waals surface area contributed by atoms with Gasteiger partial charge in [-0.05, 0) is 12.8 Å². The fourth-order valence-electron chi connectivity index (χ4n) is 0.788. The van der Waals surface area contributed by atoms with Crippen molar-refractivity contribution in [3.63, 3.8) is 0 Å². The number of hydrogen-bond donors (Lipinski definition) is 1. The fourth-order valence-corrected chi connectivity index (χ4v) is 0.788. The lowest BCUT2D eigenvalue weighted by molar-refractivity contribution is -0.153. The largest absolute Gasteiger partial charge is 0.454 e. The molecule has 0 radical (unpaired) electrons. The van der Waals surface area contributed by atoms with Gasteiger partial charge in [-0.1, -0.05) is 13.8 Å². The smallest absolute Gasteiger partial charge is 0.323 e. The summed E-state index contributed by atoms with van der Waals surface area (Å²) < 4.78 is 4.79. The fraction of sp³-hybridized carbons (Fsp3) is 0.800. The minimum atomic E-state index is -0.662. The van der Waals surface area contributed by atoms with Crippen LogP contribution in [0.2, 0.25) is 0 Å². The van der Waals surface area contributed by atoms with Crippen molar-refractivity contribution in [1.82, 2.24) is 4.90 Å². The zero-order valence-corrected chi connectivity index (χ0v) is 9.82. The number of ether oxygens (including phenoxy) is 1. The molecule has 0 unspecified atom stereocenters. The van der Waals surface area contributed by atoms with Gasteiger partial charge in [-0.2, -0.15) is 0 Å². The second-order valence-electron chi connectivity index (χ2n) is 3.79. The van der Waals surface area contributed by atoms with Crippen LogP contribution in [0, 0.1) is 5.92 Å². The number of likely N-dealkylation sites (N-methyl/N-ethyl adjacent to an activating group) is 1. The molecule has 5 heteroatoms. The van der Waals surface area contributed by atoms with E-state index in [1.807, 2.05) is 20.8 Å². The van der Waals surface area contributed by atoms with Crippen molar-refractivity contribution in [2.45, 2.75) is 26.8 Å². The Morgan fingerprint density at radius 3 is 2.33 bits per heavy atom. The molecule has 0 aromatic heterocycles. The normalized spacial score (nSPS) is 12.4. The van der Waals surface area contributed by atoms with Crippen molar-refractivity contribution < 1.29 is 14.3 Å². The number of nitrogens with two attached hydrogens (primary N) is 1. The summed E-state index contributed by atoms with van der Waals surface area (Å²) in [6.07, 6.45) is 0. The molecule has 0 saturated heterocycles. The Morgan fingerprint density at radius 1 is 1.40 bits per heavy atom. The topological polar surface area (TPSA) is 72.6 Å². The van der Waals surface area contributed by atoms with Crippen LogP contribution in [-0.2, 0) is 14.3 Å². The third-order valence-corrected chi connectivity index (χ3v) is 2.23. The van der Waals surface area contributed by atoms with E-state index in [1.165, 1.54) is 4.90 Å². The van der Waals surface area contributed by atoms with E-state index in [1.54, 1.807) is 7.05 Å². The summed E-state index contributed by atoms with van der Waals surface area (Å²) in [6, 6.07) is -0.662. The molecule has 88 valence electrons. The lowest BCUT2D eigenvalue weighted by atomic mass is 10.1. The lowest BCUT2D eigenvalue weighted by Gasteiger charge is -2.17. The van der Waals surface area contributed by atoms with Crippen LogP contribution in [0.5, 0.6) is 0 Å². The van der Waals surface area contributed by atoms with E-state index < -0.39 is 12.0 Å². The van der Waals surface area contributed by atoms with E-state index >= 15 is 0 Å². The summed E-state index contributed by atoms with van der Waals surface area (Å²) in [7, 11) is 1.65. The molecule has 0 aliphatic rings. The van der Waals surface area contributed by atoms with Gasteiger partial charge >= 0.3 is 5.97 Å². The third kappa shape index (κ3) is 4.78. The molecule has 5 nitrogen and oxygen atoms in total. The summed E-state index contributed by atoms with van der Waals surface area (Å²) in [4.78, 5) is 24.0. The first-order valence-corrected chi connectivity index (χ1v) is 5.06. The highest BCUT2D eigenvalue weighted by molar-refractivity contribution is 5.82. The van der Waals surface area contributed by atoms with Gasteiger partial charge in [-0.3, -0.25) is 9.59 Å². The molecule has 15 heavy (non-hydrogen) atoms. The number of rotatable bonds is 5. The molecule has 0 rings (SSSR count). The van der Waals surface area contributed by atoms with Crippen LogP contribution in [0.25, 0.3) is 0 Å². The number of carbonyl (C=O) groups is 2. The van der Waals surface area contributed by atoms with Gasteiger partial charge in [0.2, 0.25) is 0 Å². The Kier molecular flexibility index (Phi) is 5.93. The SMILES string of the molecule is CCN(C)C(=O)COC(=O)[C@@H](N)C(C)C. The molecule has 1 atom stereocenters. The molecule has 0 spiro atoms. The third-order valence-electron chi connectivity index (χ3n) is 2.23. The number of esters is 1. The summed E-state index contributed by atoms with van der Waals surface area (Å²) in [5, 5.41) is 0. The Hall–Kier alpha value is -1.10. The van der Waals surface area contributed by atoms with Crippen LogP contribution in [0.1, 0.15) is 20.8 Å². The summed E-state index contributed by atoms with van der Waals surface area (Å²) in [6.45, 7) is 5.85. The second kappa shape index (κ2) is 6.40. The number of nitrogens with zero attached hydrogens (tertiary/aromatic N) is 1. The number of carbonyl (C=O) groups excluding carboxylic acids is 2. The van der Waals surface area contributed by atoms with Crippen molar-refractivity contribution >= 4 is 11.9 Å². The Bertz CT molecular complexity index is 229. The zero-order valence-electron chi connectivity index (χ0n) is 9.82. The van der Waals surface area contributed by atoms with Crippen molar-refractivity contribution in [2.24, 2.45) is 11.7 Å². The molecular weight excluding hydrogens is 196 g/mol. The molecular formula is C10H20N2O3. The molecule has 2 N–H and O–H groups in total. The monoisotopic (exact) mass is 216 g/mol. The average Bonchev–Trinajstić information content (AvgIpc) is 2.22. The van der Waals surface area contributed by atoms with Gasteiger partial charge in [0.1, 0.15) is 6.04 Å².